The summed E-state index contributed by atoms with van der Waals surface area (Å²) in [6, 6.07) is 12.6. The molecule has 2 fully saturated rings. The summed E-state index contributed by atoms with van der Waals surface area (Å²) in [7, 11) is 3.33. The highest BCUT2D eigenvalue weighted by molar-refractivity contribution is 5.68. The van der Waals surface area contributed by atoms with Crippen molar-refractivity contribution in [1.29, 1.82) is 0 Å². The Morgan fingerprint density at radius 2 is 1.74 bits per heavy atom. The molecule has 5 rings (SSSR count). The largest absolute Gasteiger partial charge is 0.493 e. The van der Waals surface area contributed by atoms with Crippen molar-refractivity contribution in [2.45, 2.75) is 44.2 Å². The van der Waals surface area contributed by atoms with Gasteiger partial charge in [0.05, 0.1) is 19.9 Å². The van der Waals surface area contributed by atoms with Gasteiger partial charge < -0.3 is 19.7 Å². The van der Waals surface area contributed by atoms with E-state index in [1.54, 1.807) is 20.3 Å². The molecule has 5 nitrogen and oxygen atoms in total. The summed E-state index contributed by atoms with van der Waals surface area (Å²) in [5.74, 6) is 0.341. The van der Waals surface area contributed by atoms with Gasteiger partial charge in [0, 0.05) is 41.7 Å². The minimum atomic E-state index is -0.829. The van der Waals surface area contributed by atoms with E-state index in [1.807, 2.05) is 18.3 Å². The molecule has 1 saturated carbocycles. The highest BCUT2D eigenvalue weighted by Gasteiger charge is 2.29. The standard InChI is InChI=1S/C28H31F2N3O2/c1-34-27-15-20(14-23(19-3-4-19)28(27)35-2)26-13-18(7-12-32-26)17-33(21-8-10-31-11-9-21)22-5-6-24(29)25(30)16-22/h5-7,12-16,19,21,31H,3-4,8-11,17H2,1-2H3. The van der Waals surface area contributed by atoms with Crippen molar-refractivity contribution in [3.8, 4) is 22.8 Å². The van der Waals surface area contributed by atoms with Gasteiger partial charge in [0.25, 0.3) is 0 Å². The number of methoxy groups -OCH3 is 2. The number of aromatic nitrogens is 1. The number of pyridine rings is 1. The fraction of sp³-hybridized carbons (Fsp3) is 0.393. The number of halogens is 2. The summed E-state index contributed by atoms with van der Waals surface area (Å²) in [5, 5.41) is 3.38. The van der Waals surface area contributed by atoms with Crippen LogP contribution in [-0.4, -0.2) is 38.3 Å². The number of piperidine rings is 1. The van der Waals surface area contributed by atoms with Gasteiger partial charge in [-0.25, -0.2) is 8.78 Å². The van der Waals surface area contributed by atoms with Crippen molar-refractivity contribution in [2.24, 2.45) is 0 Å². The number of rotatable bonds is 8. The van der Waals surface area contributed by atoms with Crippen LogP contribution in [0.4, 0.5) is 14.5 Å². The van der Waals surface area contributed by atoms with Crippen LogP contribution in [0.15, 0.2) is 48.7 Å². The molecule has 0 bridgehead atoms. The van der Waals surface area contributed by atoms with Crippen molar-refractivity contribution in [2.75, 3.05) is 32.2 Å². The Morgan fingerprint density at radius 1 is 0.943 bits per heavy atom. The Hall–Kier alpha value is -3.19. The van der Waals surface area contributed by atoms with Gasteiger partial charge in [-0.05, 0) is 86.7 Å². The highest BCUT2D eigenvalue weighted by Crippen LogP contribution is 2.49. The lowest BCUT2D eigenvalue weighted by Crippen LogP contribution is -2.43. The Labute approximate surface area is 205 Å². The number of nitrogens with zero attached hydrogens (tertiary/aromatic N) is 2. The van der Waals surface area contributed by atoms with Crippen LogP contribution in [-0.2, 0) is 6.54 Å². The molecule has 35 heavy (non-hydrogen) atoms. The first-order valence-electron chi connectivity index (χ1n) is 12.2. The predicted octanol–water partition coefficient (Wildman–Crippen LogP) is 5.68. The second-order valence-corrected chi connectivity index (χ2v) is 9.33. The molecule has 0 radical (unpaired) electrons. The molecule has 2 aliphatic rings. The first kappa shape index (κ1) is 23.5. The summed E-state index contributed by atoms with van der Waals surface area (Å²) in [4.78, 5) is 6.83. The van der Waals surface area contributed by atoms with E-state index in [-0.39, 0.29) is 6.04 Å². The molecule has 0 spiro atoms. The van der Waals surface area contributed by atoms with E-state index in [4.69, 9.17) is 9.47 Å². The molecule has 1 saturated heterocycles. The van der Waals surface area contributed by atoms with Crippen LogP contribution in [0.2, 0.25) is 0 Å². The van der Waals surface area contributed by atoms with E-state index >= 15 is 0 Å². The number of hydrogen-bond donors (Lipinski definition) is 1. The molecule has 0 unspecified atom stereocenters. The van der Waals surface area contributed by atoms with Crippen LogP contribution in [0.1, 0.15) is 42.7 Å². The molecule has 1 N–H and O–H groups in total. The molecule has 1 aromatic heterocycles. The Morgan fingerprint density at radius 3 is 2.43 bits per heavy atom. The zero-order chi connectivity index (χ0) is 24.4. The molecule has 0 amide bonds. The van der Waals surface area contributed by atoms with Crippen LogP contribution in [0.25, 0.3) is 11.3 Å². The Kier molecular flexibility index (Phi) is 6.86. The second kappa shape index (κ2) is 10.2. The third kappa shape index (κ3) is 5.10. The zero-order valence-corrected chi connectivity index (χ0v) is 20.2. The van der Waals surface area contributed by atoms with E-state index in [2.05, 4.69) is 27.3 Å². The average molecular weight is 480 g/mol. The fourth-order valence-corrected chi connectivity index (χ4v) is 4.98. The molecule has 3 aromatic rings. The molecule has 2 heterocycles. The smallest absolute Gasteiger partial charge is 0.164 e. The molecular weight excluding hydrogens is 448 g/mol. The van der Waals surface area contributed by atoms with Crippen LogP contribution < -0.4 is 19.7 Å². The van der Waals surface area contributed by atoms with Gasteiger partial charge in [-0.1, -0.05) is 0 Å². The second-order valence-electron chi connectivity index (χ2n) is 9.33. The maximum absolute atomic E-state index is 14.1. The van der Waals surface area contributed by atoms with E-state index in [0.717, 1.165) is 66.9 Å². The van der Waals surface area contributed by atoms with E-state index in [9.17, 15) is 8.78 Å². The molecule has 184 valence electrons. The van der Waals surface area contributed by atoms with Crippen molar-refractivity contribution < 1.29 is 18.3 Å². The maximum atomic E-state index is 14.1. The lowest BCUT2D eigenvalue weighted by atomic mass is 10.00. The van der Waals surface area contributed by atoms with Crippen LogP contribution in [0, 0.1) is 11.6 Å². The van der Waals surface area contributed by atoms with Gasteiger partial charge in [-0.15, -0.1) is 0 Å². The molecule has 1 aliphatic carbocycles. The lowest BCUT2D eigenvalue weighted by Gasteiger charge is -2.36. The molecule has 0 atom stereocenters. The van der Waals surface area contributed by atoms with Gasteiger partial charge in [0.15, 0.2) is 23.1 Å². The number of nitrogens with one attached hydrogen (secondary N) is 1. The molecule has 1 aliphatic heterocycles. The average Bonchev–Trinajstić information content (AvgIpc) is 3.74. The first-order chi connectivity index (χ1) is 17.1. The predicted molar refractivity (Wildman–Crippen MR) is 133 cm³/mol. The van der Waals surface area contributed by atoms with Crippen molar-refractivity contribution >= 4 is 5.69 Å². The number of ether oxygens (including phenoxy) is 2. The van der Waals surface area contributed by atoms with Crippen molar-refractivity contribution in [1.82, 2.24) is 10.3 Å². The first-order valence-corrected chi connectivity index (χ1v) is 12.2. The lowest BCUT2D eigenvalue weighted by molar-refractivity contribution is 0.352. The van der Waals surface area contributed by atoms with E-state index in [0.29, 0.717) is 23.9 Å². The van der Waals surface area contributed by atoms with E-state index < -0.39 is 11.6 Å². The zero-order valence-electron chi connectivity index (χ0n) is 20.2. The Bertz CT molecular complexity index is 1190. The topological polar surface area (TPSA) is 46.6 Å². The van der Waals surface area contributed by atoms with Gasteiger partial charge in [-0.2, -0.15) is 0 Å². The quantitative estimate of drug-likeness (QED) is 0.450. The maximum Gasteiger partial charge on any atom is 0.164 e. The van der Waals surface area contributed by atoms with Gasteiger partial charge in [0.1, 0.15) is 0 Å². The van der Waals surface area contributed by atoms with Crippen LogP contribution in [0.3, 0.4) is 0 Å². The summed E-state index contributed by atoms with van der Waals surface area (Å²) in [5.41, 5.74) is 4.73. The van der Waals surface area contributed by atoms with Gasteiger partial charge in [0.2, 0.25) is 0 Å². The minimum Gasteiger partial charge on any atom is -0.493 e. The third-order valence-corrected chi connectivity index (χ3v) is 6.98. The summed E-state index contributed by atoms with van der Waals surface area (Å²) < 4.78 is 39.1. The Balaban J connectivity index is 1.48. The van der Waals surface area contributed by atoms with Gasteiger partial charge >= 0.3 is 0 Å². The summed E-state index contributed by atoms with van der Waals surface area (Å²) >= 11 is 0. The normalized spacial score (nSPS) is 16.2. The highest BCUT2D eigenvalue weighted by atomic mass is 19.2. The minimum absolute atomic E-state index is 0.236. The van der Waals surface area contributed by atoms with Gasteiger partial charge in [-0.3, -0.25) is 4.98 Å². The van der Waals surface area contributed by atoms with Crippen molar-refractivity contribution in [3.05, 3.63) is 71.4 Å². The fourth-order valence-electron chi connectivity index (χ4n) is 4.98. The summed E-state index contributed by atoms with van der Waals surface area (Å²) in [6.07, 6.45) is 5.99. The van der Waals surface area contributed by atoms with Crippen LogP contribution >= 0.6 is 0 Å². The number of anilines is 1. The van der Waals surface area contributed by atoms with Crippen molar-refractivity contribution in [3.63, 3.8) is 0 Å². The number of hydrogen-bond acceptors (Lipinski definition) is 5. The number of benzene rings is 2. The monoisotopic (exact) mass is 479 g/mol. The summed E-state index contributed by atoms with van der Waals surface area (Å²) in [6.45, 7) is 2.39. The molecule has 7 heteroatoms. The molecular formula is C28H31F2N3O2. The van der Waals surface area contributed by atoms with E-state index in [1.165, 1.54) is 12.1 Å². The molecule has 2 aromatic carbocycles. The van der Waals surface area contributed by atoms with Crippen LogP contribution in [0.5, 0.6) is 11.5 Å². The SMILES string of the molecule is COc1cc(-c2cc(CN(c3ccc(F)c(F)c3)C3CCNCC3)ccn2)cc(C2CC2)c1OC. The third-order valence-electron chi connectivity index (χ3n) is 6.98.